The van der Waals surface area contributed by atoms with Crippen molar-refractivity contribution in [2.24, 2.45) is 0 Å². The quantitative estimate of drug-likeness (QED) is 0.816. The van der Waals surface area contributed by atoms with Crippen LogP contribution in [0.15, 0.2) is 36.4 Å². The Labute approximate surface area is 131 Å². The van der Waals surface area contributed by atoms with Crippen LogP contribution in [-0.4, -0.2) is 6.61 Å². The second-order valence-corrected chi connectivity index (χ2v) is 5.28. The number of ether oxygens (including phenoxy) is 1. The summed E-state index contributed by atoms with van der Waals surface area (Å²) < 4.78 is 5.55. The maximum atomic E-state index is 6.07. The predicted molar refractivity (Wildman–Crippen MR) is 89.0 cm³/mol. The monoisotopic (exact) mass is 299 g/mol. The highest BCUT2D eigenvalue weighted by Gasteiger charge is 2.06. The number of rotatable bonds is 5. The summed E-state index contributed by atoms with van der Waals surface area (Å²) in [6.45, 7) is 5.08. The van der Waals surface area contributed by atoms with Crippen molar-refractivity contribution in [3.8, 4) is 18.1 Å². The summed E-state index contributed by atoms with van der Waals surface area (Å²) in [5, 5.41) is 4.11. The van der Waals surface area contributed by atoms with Crippen molar-refractivity contribution >= 4 is 17.3 Å². The zero-order chi connectivity index (χ0) is 15.2. The van der Waals surface area contributed by atoms with Crippen LogP contribution in [0.3, 0.4) is 0 Å². The van der Waals surface area contributed by atoms with Gasteiger partial charge in [0.1, 0.15) is 12.4 Å². The molecule has 0 aliphatic rings. The molecule has 0 heterocycles. The standard InChI is InChI=1S/C18H18ClNO/c1-4-10-21-18-9-8-16(19)11-15(18)12-20-17-7-5-6-13(2)14(17)3/h1,5-9,11,20H,10,12H2,2-3H3. The lowest BCUT2D eigenvalue weighted by Gasteiger charge is -2.14. The molecular formula is C18H18ClNO. The molecule has 0 fully saturated rings. The van der Waals surface area contributed by atoms with Crippen molar-refractivity contribution in [3.63, 3.8) is 0 Å². The summed E-state index contributed by atoms with van der Waals surface area (Å²) in [5.74, 6) is 3.23. The lowest BCUT2D eigenvalue weighted by Crippen LogP contribution is -2.05. The summed E-state index contributed by atoms with van der Waals surface area (Å²) in [4.78, 5) is 0. The van der Waals surface area contributed by atoms with Gasteiger partial charge in [-0.25, -0.2) is 0 Å². The molecule has 0 saturated carbocycles. The van der Waals surface area contributed by atoms with Crippen LogP contribution in [0, 0.1) is 26.2 Å². The van der Waals surface area contributed by atoms with Crippen LogP contribution in [0.5, 0.6) is 5.75 Å². The van der Waals surface area contributed by atoms with Crippen molar-refractivity contribution in [1.82, 2.24) is 0 Å². The number of nitrogens with one attached hydrogen (secondary N) is 1. The van der Waals surface area contributed by atoms with E-state index in [2.05, 4.69) is 37.2 Å². The van der Waals surface area contributed by atoms with Gasteiger partial charge in [0, 0.05) is 22.8 Å². The lowest BCUT2D eigenvalue weighted by molar-refractivity contribution is 0.366. The van der Waals surface area contributed by atoms with Crippen LogP contribution in [0.1, 0.15) is 16.7 Å². The van der Waals surface area contributed by atoms with Crippen molar-refractivity contribution in [2.75, 3.05) is 11.9 Å². The van der Waals surface area contributed by atoms with Crippen LogP contribution in [-0.2, 0) is 6.54 Å². The average molecular weight is 300 g/mol. The molecule has 0 amide bonds. The van der Waals surface area contributed by atoms with Gasteiger partial charge in [-0.3, -0.25) is 0 Å². The molecule has 0 radical (unpaired) electrons. The van der Waals surface area contributed by atoms with Crippen LogP contribution >= 0.6 is 11.6 Å². The maximum Gasteiger partial charge on any atom is 0.148 e. The van der Waals surface area contributed by atoms with E-state index in [1.54, 1.807) is 6.07 Å². The van der Waals surface area contributed by atoms with E-state index < -0.39 is 0 Å². The highest BCUT2D eigenvalue weighted by atomic mass is 35.5. The molecule has 21 heavy (non-hydrogen) atoms. The van der Waals surface area contributed by atoms with Crippen LogP contribution < -0.4 is 10.1 Å². The molecule has 2 nitrogen and oxygen atoms in total. The van der Waals surface area contributed by atoms with Gasteiger partial charge >= 0.3 is 0 Å². The highest BCUT2D eigenvalue weighted by molar-refractivity contribution is 6.30. The summed E-state index contributed by atoms with van der Waals surface area (Å²) in [6.07, 6.45) is 5.24. The molecule has 0 bridgehead atoms. The van der Waals surface area contributed by atoms with E-state index in [1.165, 1.54) is 11.1 Å². The SMILES string of the molecule is C#CCOc1ccc(Cl)cc1CNc1cccc(C)c1C. The Morgan fingerprint density at radius 2 is 2.05 bits per heavy atom. The molecule has 2 aromatic carbocycles. The van der Waals surface area contributed by atoms with Gasteiger partial charge in [-0.1, -0.05) is 29.7 Å². The van der Waals surface area contributed by atoms with Crippen molar-refractivity contribution in [3.05, 3.63) is 58.1 Å². The second kappa shape index (κ2) is 7.06. The molecule has 0 aromatic heterocycles. The normalized spacial score (nSPS) is 10.0. The van der Waals surface area contributed by atoms with Gasteiger partial charge in [0.15, 0.2) is 0 Å². The van der Waals surface area contributed by atoms with Crippen LogP contribution in [0.4, 0.5) is 5.69 Å². The van der Waals surface area contributed by atoms with Crippen LogP contribution in [0.25, 0.3) is 0 Å². The summed E-state index contributed by atoms with van der Waals surface area (Å²) in [5.41, 5.74) is 4.59. The van der Waals surface area contributed by atoms with Gasteiger partial charge in [0.05, 0.1) is 0 Å². The van der Waals surface area contributed by atoms with E-state index in [0.29, 0.717) is 11.6 Å². The van der Waals surface area contributed by atoms with Crippen molar-refractivity contribution in [1.29, 1.82) is 0 Å². The fourth-order valence-corrected chi connectivity index (χ4v) is 2.27. The Balaban J connectivity index is 2.17. The summed E-state index contributed by atoms with van der Waals surface area (Å²) in [7, 11) is 0. The van der Waals surface area contributed by atoms with E-state index in [1.807, 2.05) is 18.2 Å². The van der Waals surface area contributed by atoms with Crippen molar-refractivity contribution < 1.29 is 4.74 Å². The topological polar surface area (TPSA) is 21.3 Å². The van der Waals surface area contributed by atoms with Gasteiger partial charge in [-0.15, -0.1) is 6.42 Å². The fourth-order valence-electron chi connectivity index (χ4n) is 2.08. The first kappa shape index (κ1) is 15.3. The first-order chi connectivity index (χ1) is 10.1. The molecule has 2 aromatic rings. The molecule has 0 aliphatic heterocycles. The Morgan fingerprint density at radius 1 is 1.24 bits per heavy atom. The zero-order valence-corrected chi connectivity index (χ0v) is 13.0. The van der Waals surface area contributed by atoms with Gasteiger partial charge in [0.25, 0.3) is 0 Å². The minimum atomic E-state index is 0.248. The lowest BCUT2D eigenvalue weighted by atomic mass is 10.1. The Kier molecular flexibility index (Phi) is 5.14. The number of aryl methyl sites for hydroxylation is 1. The molecule has 0 aliphatic carbocycles. The number of benzene rings is 2. The predicted octanol–water partition coefficient (Wildman–Crippen LogP) is 4.58. The third kappa shape index (κ3) is 3.93. The molecule has 2 rings (SSSR count). The number of hydrogen-bond donors (Lipinski definition) is 1. The molecule has 1 N–H and O–H groups in total. The molecular weight excluding hydrogens is 282 g/mol. The summed E-state index contributed by atoms with van der Waals surface area (Å²) in [6, 6.07) is 11.7. The first-order valence-corrected chi connectivity index (χ1v) is 7.14. The first-order valence-electron chi connectivity index (χ1n) is 6.76. The van der Waals surface area contributed by atoms with Crippen molar-refractivity contribution in [2.45, 2.75) is 20.4 Å². The Bertz CT molecular complexity index is 673. The smallest absolute Gasteiger partial charge is 0.148 e. The van der Waals surface area contributed by atoms with E-state index >= 15 is 0 Å². The molecule has 0 atom stereocenters. The Morgan fingerprint density at radius 3 is 2.81 bits per heavy atom. The van der Waals surface area contributed by atoms with E-state index in [-0.39, 0.29) is 6.61 Å². The Hall–Kier alpha value is -2.11. The van der Waals surface area contributed by atoms with Gasteiger partial charge in [-0.05, 0) is 49.2 Å². The van der Waals surface area contributed by atoms with Gasteiger partial charge < -0.3 is 10.1 Å². The second-order valence-electron chi connectivity index (χ2n) is 4.85. The molecule has 3 heteroatoms. The van der Waals surface area contributed by atoms with Crippen LogP contribution in [0.2, 0.25) is 5.02 Å². The number of anilines is 1. The molecule has 0 spiro atoms. The average Bonchev–Trinajstić information content (AvgIpc) is 2.48. The number of halogens is 1. The molecule has 108 valence electrons. The maximum absolute atomic E-state index is 6.07. The highest BCUT2D eigenvalue weighted by Crippen LogP contribution is 2.25. The largest absolute Gasteiger partial charge is 0.481 e. The summed E-state index contributed by atoms with van der Waals surface area (Å²) >= 11 is 6.07. The van der Waals surface area contributed by atoms with Gasteiger partial charge in [0.2, 0.25) is 0 Å². The fraction of sp³-hybridized carbons (Fsp3) is 0.222. The van der Waals surface area contributed by atoms with E-state index in [9.17, 15) is 0 Å². The van der Waals surface area contributed by atoms with Gasteiger partial charge in [-0.2, -0.15) is 0 Å². The van der Waals surface area contributed by atoms with E-state index in [4.69, 9.17) is 22.8 Å². The third-order valence-electron chi connectivity index (χ3n) is 3.41. The zero-order valence-electron chi connectivity index (χ0n) is 12.2. The minimum absolute atomic E-state index is 0.248. The molecule has 0 unspecified atom stereocenters. The van der Waals surface area contributed by atoms with E-state index in [0.717, 1.165) is 17.0 Å². The number of hydrogen-bond acceptors (Lipinski definition) is 2. The molecule has 0 saturated heterocycles. The third-order valence-corrected chi connectivity index (χ3v) is 3.64. The minimum Gasteiger partial charge on any atom is -0.481 e. The number of terminal acetylenes is 1.